The van der Waals surface area contributed by atoms with Gasteiger partial charge < -0.3 is 10.2 Å². The Morgan fingerprint density at radius 2 is 1.32 bits per heavy atom. The second kappa shape index (κ2) is 15.8. The Morgan fingerprint density at radius 3 is 1.71 bits per heavy atom. The molecule has 0 saturated carbocycles. The van der Waals surface area contributed by atoms with Crippen LogP contribution in [0, 0.1) is 6.07 Å². The molecule has 2 N–H and O–H groups in total. The van der Waals surface area contributed by atoms with E-state index in [4.69, 9.17) is 4.55 Å². The molecule has 0 saturated heterocycles. The Hall–Kier alpha value is -1.74. The molecule has 0 aliphatic carbocycles. The SMILES string of the molecule is CN(C)c1ccc(P(C(C)(C)C)C(C)(C)C)cc1.CNc1ccccc1-c1[c-]cccc1.CS(=O)(=O)O.[Pd]. The van der Waals surface area contributed by atoms with E-state index in [1.54, 1.807) is 0 Å². The van der Waals surface area contributed by atoms with Crippen molar-refractivity contribution in [1.82, 2.24) is 0 Å². The number of benzene rings is 3. The van der Waals surface area contributed by atoms with Gasteiger partial charge in [0.15, 0.2) is 0 Å². The monoisotopic (exact) mass is 649 g/mol. The van der Waals surface area contributed by atoms with Crippen molar-refractivity contribution in [3.05, 3.63) is 78.9 Å². The summed E-state index contributed by atoms with van der Waals surface area (Å²) in [4.78, 5) is 2.15. The fourth-order valence-electron chi connectivity index (χ4n) is 4.18. The maximum atomic E-state index is 9.19. The first-order valence-electron chi connectivity index (χ1n) is 12.2. The Morgan fingerprint density at radius 1 is 0.842 bits per heavy atom. The molecule has 3 rings (SSSR count). The van der Waals surface area contributed by atoms with E-state index in [2.05, 4.69) is 114 Å². The zero-order valence-electron chi connectivity index (χ0n) is 24.3. The van der Waals surface area contributed by atoms with Crippen LogP contribution < -0.4 is 15.5 Å². The molecule has 0 atom stereocenters. The van der Waals surface area contributed by atoms with Gasteiger partial charge in [-0.3, -0.25) is 4.55 Å². The van der Waals surface area contributed by atoms with Crippen molar-refractivity contribution in [2.24, 2.45) is 0 Å². The molecule has 0 aliphatic rings. The van der Waals surface area contributed by atoms with Crippen molar-refractivity contribution in [2.75, 3.05) is 37.6 Å². The Kier molecular flexibility index (Phi) is 15.0. The van der Waals surface area contributed by atoms with E-state index in [9.17, 15) is 8.42 Å². The second-order valence-electron chi connectivity index (χ2n) is 10.9. The number of para-hydroxylation sites is 1. The van der Waals surface area contributed by atoms with Crippen molar-refractivity contribution in [3.8, 4) is 11.1 Å². The van der Waals surface area contributed by atoms with Gasteiger partial charge in [-0.15, -0.1) is 35.9 Å². The maximum absolute atomic E-state index is 9.19. The van der Waals surface area contributed by atoms with Gasteiger partial charge in [0.2, 0.25) is 0 Å². The van der Waals surface area contributed by atoms with Gasteiger partial charge >= 0.3 is 0 Å². The van der Waals surface area contributed by atoms with E-state index in [1.807, 2.05) is 37.4 Å². The van der Waals surface area contributed by atoms with E-state index in [-0.39, 0.29) is 28.3 Å². The number of hydrogen-bond acceptors (Lipinski definition) is 4. The van der Waals surface area contributed by atoms with Gasteiger partial charge in [0.05, 0.1) is 6.26 Å². The predicted molar refractivity (Wildman–Crippen MR) is 165 cm³/mol. The van der Waals surface area contributed by atoms with Crippen LogP contribution in [0.2, 0.25) is 0 Å². The van der Waals surface area contributed by atoms with Crippen LogP contribution in [0.5, 0.6) is 0 Å². The smallest absolute Gasteiger partial charge is 0.261 e. The summed E-state index contributed by atoms with van der Waals surface area (Å²) in [5, 5.41) is 5.36. The summed E-state index contributed by atoms with van der Waals surface area (Å²) in [5.74, 6) is 0. The molecule has 214 valence electrons. The minimum Gasteiger partial charge on any atom is -0.395 e. The predicted octanol–water partition coefficient (Wildman–Crippen LogP) is 7.15. The minimum atomic E-state index is -3.67. The summed E-state index contributed by atoms with van der Waals surface area (Å²) in [5.41, 5.74) is 4.72. The van der Waals surface area contributed by atoms with Crippen molar-refractivity contribution in [3.63, 3.8) is 0 Å². The zero-order valence-corrected chi connectivity index (χ0v) is 27.6. The molecule has 0 fully saturated rings. The van der Waals surface area contributed by atoms with Crippen LogP contribution in [0.1, 0.15) is 41.5 Å². The van der Waals surface area contributed by atoms with Crippen molar-refractivity contribution in [1.29, 1.82) is 0 Å². The minimum absolute atomic E-state index is 0. The normalized spacial score (nSPS) is 11.3. The van der Waals surface area contributed by atoms with E-state index in [0.717, 1.165) is 11.3 Å². The number of nitrogens with one attached hydrogen (secondary N) is 1. The quantitative estimate of drug-likeness (QED) is 0.136. The van der Waals surface area contributed by atoms with Gasteiger partial charge in [0, 0.05) is 47.3 Å². The maximum Gasteiger partial charge on any atom is 0.261 e. The van der Waals surface area contributed by atoms with E-state index in [0.29, 0.717) is 16.6 Å². The molecule has 0 amide bonds. The molecule has 3 aromatic rings. The zero-order chi connectivity index (χ0) is 28.4. The van der Waals surface area contributed by atoms with Crippen molar-refractivity contribution >= 4 is 34.7 Å². The third kappa shape index (κ3) is 13.4. The molecule has 0 aliphatic heterocycles. The molecule has 3 aromatic carbocycles. The van der Waals surface area contributed by atoms with Crippen LogP contribution in [0.15, 0.2) is 72.8 Å². The first-order valence-corrected chi connectivity index (χ1v) is 15.4. The number of rotatable bonds is 4. The molecule has 0 aromatic heterocycles. The van der Waals surface area contributed by atoms with Gasteiger partial charge in [0.25, 0.3) is 10.1 Å². The summed E-state index contributed by atoms with van der Waals surface area (Å²) in [6.07, 6.45) is 0.715. The molecular formula is C30H44N2O3PPdS-. The average Bonchev–Trinajstić information content (AvgIpc) is 2.77. The summed E-state index contributed by atoms with van der Waals surface area (Å²) in [6, 6.07) is 28.6. The Bertz CT molecular complexity index is 1170. The standard InChI is InChI=1S/C16H28NP.C13H12N.CH4O3S.Pd/c1-15(2,3)18(16(4,5)6)14-11-9-13(10-12-14)17(7)8;1-14-13-10-6-5-9-12(13)11-7-3-2-4-8-11;1-5(2,3)4;/h9-12H,1-8H3;2-7,9-10,14H,1H3;1H3,(H,2,3,4);/q;-1;;. The van der Waals surface area contributed by atoms with E-state index < -0.39 is 10.1 Å². The van der Waals surface area contributed by atoms with Crippen LogP contribution in [0.3, 0.4) is 0 Å². The van der Waals surface area contributed by atoms with Gasteiger partial charge in [-0.05, 0) is 39.5 Å². The first kappa shape index (κ1) is 36.3. The van der Waals surface area contributed by atoms with Gasteiger partial charge in [-0.1, -0.05) is 85.4 Å². The molecule has 0 unspecified atom stereocenters. The van der Waals surface area contributed by atoms with Gasteiger partial charge in [-0.25, -0.2) is 0 Å². The summed E-state index contributed by atoms with van der Waals surface area (Å²) < 4.78 is 25.9. The third-order valence-electron chi connectivity index (χ3n) is 5.16. The first-order chi connectivity index (χ1) is 16.9. The third-order valence-corrected chi connectivity index (χ3v) is 8.66. The topological polar surface area (TPSA) is 69.6 Å². The van der Waals surface area contributed by atoms with Crippen LogP contribution in [-0.4, -0.2) is 50.7 Å². The van der Waals surface area contributed by atoms with Gasteiger partial charge in [-0.2, -0.15) is 8.42 Å². The van der Waals surface area contributed by atoms with E-state index >= 15 is 0 Å². The molecular weight excluding hydrogens is 606 g/mol. The fourth-order valence-corrected chi connectivity index (χ4v) is 8.19. The van der Waals surface area contributed by atoms with Crippen LogP contribution in [0.4, 0.5) is 11.4 Å². The Balaban J connectivity index is 0.000000609. The largest absolute Gasteiger partial charge is 0.395 e. The van der Waals surface area contributed by atoms with Crippen molar-refractivity contribution in [2.45, 2.75) is 51.9 Å². The number of hydrogen-bond donors (Lipinski definition) is 2. The van der Waals surface area contributed by atoms with Crippen LogP contribution in [-0.2, 0) is 30.5 Å². The molecule has 0 bridgehead atoms. The summed E-state index contributed by atoms with van der Waals surface area (Å²) in [7, 11) is 2.25. The summed E-state index contributed by atoms with van der Waals surface area (Å²) >= 11 is 0. The van der Waals surface area contributed by atoms with Crippen molar-refractivity contribution < 1.29 is 33.4 Å². The number of anilines is 2. The van der Waals surface area contributed by atoms with E-state index in [1.165, 1.54) is 16.6 Å². The molecule has 8 heteroatoms. The molecule has 5 nitrogen and oxygen atoms in total. The number of nitrogens with zero attached hydrogens (tertiary/aromatic N) is 1. The second-order valence-corrected chi connectivity index (χ2v) is 16.2. The average molecular weight is 650 g/mol. The van der Waals surface area contributed by atoms with Gasteiger partial charge in [0.1, 0.15) is 0 Å². The Labute approximate surface area is 246 Å². The molecule has 0 spiro atoms. The fraction of sp³-hybridized carbons (Fsp3) is 0.400. The molecule has 0 heterocycles. The molecule has 0 radical (unpaired) electrons. The van der Waals surface area contributed by atoms with Crippen LogP contribution >= 0.6 is 7.92 Å². The summed E-state index contributed by atoms with van der Waals surface area (Å²) in [6.45, 7) is 14.2. The van der Waals surface area contributed by atoms with Crippen LogP contribution in [0.25, 0.3) is 11.1 Å². The molecule has 38 heavy (non-hydrogen) atoms.